The van der Waals surface area contributed by atoms with E-state index >= 15 is 0 Å². The molecule has 0 spiro atoms. The summed E-state index contributed by atoms with van der Waals surface area (Å²) in [6.45, 7) is 5.07. The van der Waals surface area contributed by atoms with Gasteiger partial charge < -0.3 is 9.47 Å². The van der Waals surface area contributed by atoms with Gasteiger partial charge in [0.25, 0.3) is 0 Å². The number of ketones is 1. The number of carbonyl (C=O) groups is 1. The molecule has 1 unspecified atom stereocenters. The van der Waals surface area contributed by atoms with Crippen molar-refractivity contribution in [3.8, 4) is 11.5 Å². The van der Waals surface area contributed by atoms with Crippen molar-refractivity contribution >= 4 is 11.4 Å². The van der Waals surface area contributed by atoms with Gasteiger partial charge in [0.2, 0.25) is 0 Å². The van der Waals surface area contributed by atoms with Crippen LogP contribution in [0.25, 0.3) is 5.57 Å². The van der Waals surface area contributed by atoms with Crippen molar-refractivity contribution in [1.82, 2.24) is 0 Å². The molecule has 30 heavy (non-hydrogen) atoms. The average Bonchev–Trinajstić information content (AvgIpc) is 3.25. The number of allylic oxidation sites excluding steroid dienone is 2. The minimum Gasteiger partial charge on any atom is -0.497 e. The minimum absolute atomic E-state index is 0.156. The first-order valence-electron chi connectivity index (χ1n) is 11.3. The molecule has 0 fully saturated rings. The molecule has 1 atom stereocenters. The number of benzene rings is 2. The molecular weight excluding hydrogens is 372 g/mol. The van der Waals surface area contributed by atoms with Crippen molar-refractivity contribution in [2.75, 3.05) is 13.7 Å². The Balaban J connectivity index is 1.88. The summed E-state index contributed by atoms with van der Waals surface area (Å²) in [6.07, 6.45) is 9.29. The summed E-state index contributed by atoms with van der Waals surface area (Å²) >= 11 is 0. The molecule has 0 heterocycles. The van der Waals surface area contributed by atoms with Crippen molar-refractivity contribution in [2.24, 2.45) is 0 Å². The van der Waals surface area contributed by atoms with Crippen LogP contribution in [0.4, 0.5) is 0 Å². The van der Waals surface area contributed by atoms with Crippen LogP contribution in [-0.2, 0) is 12.8 Å². The average molecular weight is 405 g/mol. The lowest BCUT2D eigenvalue weighted by atomic mass is 9.83. The molecule has 0 saturated heterocycles. The van der Waals surface area contributed by atoms with E-state index in [0.29, 0.717) is 12.5 Å². The normalized spacial score (nSPS) is 18.6. The summed E-state index contributed by atoms with van der Waals surface area (Å²) in [7, 11) is 1.66. The van der Waals surface area contributed by atoms with E-state index in [1.165, 1.54) is 11.1 Å². The van der Waals surface area contributed by atoms with E-state index in [4.69, 9.17) is 9.47 Å². The molecule has 0 N–H and O–H groups in total. The van der Waals surface area contributed by atoms with E-state index in [1.54, 1.807) is 7.11 Å². The van der Waals surface area contributed by atoms with Crippen LogP contribution in [-0.4, -0.2) is 19.5 Å². The Morgan fingerprint density at radius 1 is 1.10 bits per heavy atom. The number of hydrogen-bond donors (Lipinski definition) is 0. The van der Waals surface area contributed by atoms with Gasteiger partial charge >= 0.3 is 0 Å². The molecule has 2 aliphatic carbocycles. The van der Waals surface area contributed by atoms with Crippen LogP contribution in [0, 0.1) is 0 Å². The Hall–Kier alpha value is -2.55. The zero-order valence-corrected chi connectivity index (χ0v) is 18.4. The molecule has 0 bridgehead atoms. The van der Waals surface area contributed by atoms with Gasteiger partial charge in [0.05, 0.1) is 13.7 Å². The summed E-state index contributed by atoms with van der Waals surface area (Å²) in [5.41, 5.74) is 6.39. The van der Waals surface area contributed by atoms with E-state index in [-0.39, 0.29) is 5.78 Å². The molecule has 2 aliphatic rings. The zero-order chi connectivity index (χ0) is 21.1. The third kappa shape index (κ3) is 3.90. The fourth-order valence-electron chi connectivity index (χ4n) is 4.88. The highest BCUT2D eigenvalue weighted by molar-refractivity contribution is 6.30. The lowest BCUT2D eigenvalue weighted by molar-refractivity contribution is 0.105. The summed E-state index contributed by atoms with van der Waals surface area (Å²) in [5.74, 6) is 2.21. The van der Waals surface area contributed by atoms with Crippen molar-refractivity contribution in [3.63, 3.8) is 0 Å². The molecule has 2 aromatic carbocycles. The molecule has 0 aromatic heterocycles. The smallest absolute Gasteiger partial charge is 0.194 e. The fraction of sp³-hybridized carbons (Fsp3) is 0.444. The summed E-state index contributed by atoms with van der Waals surface area (Å²) in [5, 5.41) is 0. The zero-order valence-electron chi connectivity index (χ0n) is 18.4. The molecular formula is C27H32O3. The van der Waals surface area contributed by atoms with Gasteiger partial charge in [-0.1, -0.05) is 32.1 Å². The van der Waals surface area contributed by atoms with E-state index in [1.807, 2.05) is 24.3 Å². The van der Waals surface area contributed by atoms with Crippen LogP contribution in [0.2, 0.25) is 0 Å². The Bertz CT molecular complexity index is 953. The van der Waals surface area contributed by atoms with Gasteiger partial charge in [0.15, 0.2) is 5.78 Å². The van der Waals surface area contributed by atoms with Crippen molar-refractivity contribution in [2.45, 2.75) is 64.7 Å². The van der Waals surface area contributed by atoms with Gasteiger partial charge in [-0.25, -0.2) is 0 Å². The number of hydrogen-bond acceptors (Lipinski definition) is 3. The second-order valence-electron chi connectivity index (χ2n) is 8.51. The van der Waals surface area contributed by atoms with Gasteiger partial charge in [-0.2, -0.15) is 0 Å². The van der Waals surface area contributed by atoms with Gasteiger partial charge in [-0.3, -0.25) is 4.79 Å². The third-order valence-electron chi connectivity index (χ3n) is 6.42. The number of fused-ring (bicyclic) bond motifs is 3. The maximum Gasteiger partial charge on any atom is 0.194 e. The predicted molar refractivity (Wildman–Crippen MR) is 122 cm³/mol. The summed E-state index contributed by atoms with van der Waals surface area (Å²) < 4.78 is 11.5. The second-order valence-corrected chi connectivity index (χ2v) is 8.51. The minimum atomic E-state index is 0.156. The van der Waals surface area contributed by atoms with Crippen LogP contribution >= 0.6 is 0 Å². The number of rotatable bonds is 5. The van der Waals surface area contributed by atoms with Crippen LogP contribution in [0.3, 0.4) is 0 Å². The van der Waals surface area contributed by atoms with Crippen LogP contribution in [0.1, 0.15) is 84.5 Å². The SMILES string of the molecule is CCCOc1cc2c(c3c1C(C)CCCC=C(c1ccc(OC)cc1)C3=O)CCC2. The molecule has 2 aromatic rings. The second kappa shape index (κ2) is 9.07. The number of methoxy groups -OCH3 is 1. The molecule has 0 radical (unpaired) electrons. The fourth-order valence-corrected chi connectivity index (χ4v) is 4.88. The van der Waals surface area contributed by atoms with Crippen LogP contribution in [0.5, 0.6) is 11.5 Å². The van der Waals surface area contributed by atoms with Gasteiger partial charge in [-0.05, 0) is 85.8 Å². The standard InChI is InChI=1S/C27H32O3/c1-4-16-30-24-17-20-9-7-11-22(20)26-25(24)18(2)8-5-6-10-23(27(26)28)19-12-14-21(29-3)15-13-19/h10,12-15,17-18H,4-9,11,16H2,1-3H3. The highest BCUT2D eigenvalue weighted by Crippen LogP contribution is 2.43. The van der Waals surface area contributed by atoms with E-state index in [0.717, 1.165) is 78.7 Å². The van der Waals surface area contributed by atoms with Crippen molar-refractivity contribution in [3.05, 3.63) is 64.2 Å². The van der Waals surface area contributed by atoms with Gasteiger partial charge in [0.1, 0.15) is 11.5 Å². The third-order valence-corrected chi connectivity index (χ3v) is 6.42. The number of carbonyl (C=O) groups excluding carboxylic acids is 1. The maximum absolute atomic E-state index is 14.1. The molecule has 3 heteroatoms. The molecule has 0 saturated carbocycles. The Kier molecular flexibility index (Phi) is 6.26. The van der Waals surface area contributed by atoms with Crippen molar-refractivity contribution < 1.29 is 14.3 Å². The monoisotopic (exact) mass is 404 g/mol. The summed E-state index contributed by atoms with van der Waals surface area (Å²) in [4.78, 5) is 14.1. The topological polar surface area (TPSA) is 35.5 Å². The number of Topliss-reactive ketones (excluding diaryl/α,β-unsaturated/α-hetero) is 1. The molecule has 3 nitrogen and oxygen atoms in total. The number of ether oxygens (including phenoxy) is 2. The van der Waals surface area contributed by atoms with Gasteiger partial charge in [-0.15, -0.1) is 0 Å². The quantitative estimate of drug-likeness (QED) is 0.568. The van der Waals surface area contributed by atoms with Gasteiger partial charge in [0, 0.05) is 16.7 Å². The van der Waals surface area contributed by atoms with E-state index in [9.17, 15) is 4.79 Å². The Morgan fingerprint density at radius 3 is 2.63 bits per heavy atom. The van der Waals surface area contributed by atoms with Crippen molar-refractivity contribution in [1.29, 1.82) is 0 Å². The van der Waals surface area contributed by atoms with E-state index in [2.05, 4.69) is 26.0 Å². The Morgan fingerprint density at radius 2 is 1.90 bits per heavy atom. The first-order valence-corrected chi connectivity index (χ1v) is 11.3. The molecule has 0 aliphatic heterocycles. The van der Waals surface area contributed by atoms with Crippen LogP contribution in [0.15, 0.2) is 36.4 Å². The number of aryl methyl sites for hydroxylation is 1. The molecule has 0 amide bonds. The van der Waals surface area contributed by atoms with E-state index < -0.39 is 0 Å². The predicted octanol–water partition coefficient (Wildman–Crippen LogP) is 6.53. The van der Waals surface area contributed by atoms with Crippen LogP contribution < -0.4 is 9.47 Å². The largest absolute Gasteiger partial charge is 0.497 e. The molecule has 4 rings (SSSR count). The lowest BCUT2D eigenvalue weighted by Gasteiger charge is -2.23. The maximum atomic E-state index is 14.1. The lowest BCUT2D eigenvalue weighted by Crippen LogP contribution is -2.14. The first kappa shape index (κ1) is 20.7. The summed E-state index contributed by atoms with van der Waals surface area (Å²) in [6, 6.07) is 10.1. The Labute approximate surface area is 180 Å². The highest BCUT2D eigenvalue weighted by Gasteiger charge is 2.31. The first-order chi connectivity index (χ1) is 14.6. The molecule has 158 valence electrons. The highest BCUT2D eigenvalue weighted by atomic mass is 16.5.